The van der Waals surface area contributed by atoms with Gasteiger partial charge in [-0.3, -0.25) is 9.59 Å². The summed E-state index contributed by atoms with van der Waals surface area (Å²) in [5, 5.41) is 0.577. The summed E-state index contributed by atoms with van der Waals surface area (Å²) in [6.07, 6.45) is 5.46. The molecule has 0 aromatic carbocycles. The van der Waals surface area contributed by atoms with Crippen LogP contribution in [0, 0.1) is 11.8 Å². The minimum absolute atomic E-state index is 0.0670. The molecule has 0 bridgehead atoms. The molecule has 2 unspecified atom stereocenters. The molecule has 0 radical (unpaired) electrons. The van der Waals surface area contributed by atoms with Gasteiger partial charge in [-0.2, -0.15) is 11.8 Å². The molecule has 4 nitrogen and oxygen atoms in total. The molecule has 0 aliphatic heterocycles. The van der Waals surface area contributed by atoms with Crippen molar-refractivity contribution >= 4 is 23.6 Å². The third-order valence-corrected chi connectivity index (χ3v) is 4.83. The fourth-order valence-electron chi connectivity index (χ4n) is 2.44. The number of esters is 1. The highest BCUT2D eigenvalue weighted by atomic mass is 32.2. The third kappa shape index (κ3) is 9.87. The number of hydrogen-bond acceptors (Lipinski definition) is 4. The molecule has 0 fully saturated rings. The molecule has 1 rings (SSSR count). The minimum Gasteiger partial charge on any atom is -0.466 e. The molecule has 0 saturated carbocycles. The van der Waals surface area contributed by atoms with Crippen molar-refractivity contribution < 1.29 is 14.3 Å². The highest BCUT2D eigenvalue weighted by Gasteiger charge is 2.26. The molecule has 1 amide bonds. The second kappa shape index (κ2) is 11.6. The maximum absolute atomic E-state index is 11.3. The van der Waals surface area contributed by atoms with E-state index < -0.39 is 0 Å². The van der Waals surface area contributed by atoms with Crippen LogP contribution in [0.3, 0.4) is 0 Å². The van der Waals surface area contributed by atoms with E-state index in [1.807, 2.05) is 18.7 Å². The highest BCUT2D eigenvalue weighted by molar-refractivity contribution is 8.00. The number of thioether (sulfide) groups is 1. The van der Waals surface area contributed by atoms with Crippen molar-refractivity contribution in [2.24, 2.45) is 17.6 Å². The van der Waals surface area contributed by atoms with Gasteiger partial charge in [-0.1, -0.05) is 25.5 Å². The second-order valence-electron chi connectivity index (χ2n) is 5.96. The normalized spacial score (nSPS) is 20.7. The lowest BCUT2D eigenvalue weighted by Gasteiger charge is -2.32. The van der Waals surface area contributed by atoms with Gasteiger partial charge in [0.25, 0.3) is 0 Å². The van der Waals surface area contributed by atoms with Gasteiger partial charge in [-0.15, -0.1) is 0 Å². The summed E-state index contributed by atoms with van der Waals surface area (Å²) >= 11 is 1.91. The Bertz CT molecular complexity index is 376. The molecular formula is C17H31NO3S. The number of carbonyl (C=O) groups excluding carboxylic acids is 2. The van der Waals surface area contributed by atoms with Crippen molar-refractivity contribution in [1.82, 2.24) is 0 Å². The van der Waals surface area contributed by atoms with Gasteiger partial charge in [-0.05, 0) is 38.5 Å². The average Bonchev–Trinajstić information content (AvgIpc) is 2.38. The zero-order valence-electron chi connectivity index (χ0n) is 14.6. The first-order chi connectivity index (χ1) is 10.3. The van der Waals surface area contributed by atoms with Crippen LogP contribution in [0.1, 0.15) is 53.9 Å². The van der Waals surface area contributed by atoms with Gasteiger partial charge in [-0.25, -0.2) is 0 Å². The quantitative estimate of drug-likeness (QED) is 0.597. The van der Waals surface area contributed by atoms with E-state index in [0.29, 0.717) is 18.3 Å². The van der Waals surface area contributed by atoms with Crippen LogP contribution in [0.15, 0.2) is 11.6 Å². The Kier molecular flexibility index (Phi) is 11.1. The maximum Gasteiger partial charge on any atom is 0.306 e. The third-order valence-electron chi connectivity index (χ3n) is 3.52. The number of primary amides is 1. The number of nitrogens with two attached hydrogens (primary N) is 1. The number of ether oxygens (including phenoxy) is 1. The van der Waals surface area contributed by atoms with Crippen molar-refractivity contribution in [3.63, 3.8) is 0 Å². The lowest BCUT2D eigenvalue weighted by molar-refractivity contribution is -0.142. The van der Waals surface area contributed by atoms with Crippen molar-refractivity contribution in [2.45, 2.75) is 59.1 Å². The Morgan fingerprint density at radius 1 is 1.45 bits per heavy atom. The van der Waals surface area contributed by atoms with Gasteiger partial charge < -0.3 is 10.5 Å². The number of amides is 1. The topological polar surface area (TPSA) is 69.4 Å². The van der Waals surface area contributed by atoms with Gasteiger partial charge in [0.1, 0.15) is 0 Å². The first-order valence-corrected chi connectivity index (χ1v) is 9.03. The Labute approximate surface area is 139 Å². The van der Waals surface area contributed by atoms with Crippen LogP contribution in [0.25, 0.3) is 0 Å². The fourth-order valence-corrected chi connectivity index (χ4v) is 4.02. The molecule has 1 aliphatic carbocycles. The van der Waals surface area contributed by atoms with Gasteiger partial charge in [0, 0.05) is 17.9 Å². The molecule has 2 atom stereocenters. The van der Waals surface area contributed by atoms with E-state index in [9.17, 15) is 9.59 Å². The zero-order chi connectivity index (χ0) is 17.1. The molecule has 128 valence electrons. The molecule has 5 heteroatoms. The van der Waals surface area contributed by atoms with E-state index in [4.69, 9.17) is 4.74 Å². The zero-order valence-corrected chi connectivity index (χ0v) is 15.4. The predicted octanol–water partition coefficient (Wildman–Crippen LogP) is 3.55. The Morgan fingerprint density at radius 3 is 2.55 bits per heavy atom. The van der Waals surface area contributed by atoms with Crippen LogP contribution in [-0.4, -0.2) is 29.5 Å². The predicted molar refractivity (Wildman–Crippen MR) is 93.7 cm³/mol. The van der Waals surface area contributed by atoms with E-state index in [-0.39, 0.29) is 11.9 Å². The highest BCUT2D eigenvalue weighted by Crippen LogP contribution is 2.36. The van der Waals surface area contributed by atoms with Crippen molar-refractivity contribution in [3.05, 3.63) is 11.6 Å². The lowest BCUT2D eigenvalue weighted by atomic mass is 9.82. The Morgan fingerprint density at radius 2 is 2.05 bits per heavy atom. The largest absolute Gasteiger partial charge is 0.466 e. The summed E-state index contributed by atoms with van der Waals surface area (Å²) in [6.45, 7) is 10.5. The summed E-state index contributed by atoms with van der Waals surface area (Å²) in [4.78, 5) is 20.5. The summed E-state index contributed by atoms with van der Waals surface area (Å²) in [5.74, 6) is 1.94. The molecule has 0 spiro atoms. The average molecular weight is 330 g/mol. The van der Waals surface area contributed by atoms with Crippen LogP contribution in [0.2, 0.25) is 0 Å². The molecule has 0 aromatic heterocycles. The van der Waals surface area contributed by atoms with Gasteiger partial charge in [0.2, 0.25) is 5.91 Å². The first kappa shape index (κ1) is 21.0. The van der Waals surface area contributed by atoms with E-state index >= 15 is 0 Å². The smallest absolute Gasteiger partial charge is 0.306 e. The van der Waals surface area contributed by atoms with Crippen LogP contribution in [-0.2, 0) is 14.3 Å². The van der Waals surface area contributed by atoms with Crippen LogP contribution in [0.5, 0.6) is 0 Å². The maximum atomic E-state index is 11.3. The summed E-state index contributed by atoms with van der Waals surface area (Å²) in [7, 11) is 0. The van der Waals surface area contributed by atoms with Crippen LogP contribution < -0.4 is 5.73 Å². The van der Waals surface area contributed by atoms with E-state index in [1.54, 1.807) is 0 Å². The summed E-state index contributed by atoms with van der Waals surface area (Å²) in [6, 6.07) is 0. The SMILES string of the molecule is CC(N)=O.CCOC(=O)CCSC1C=C(C)CCC1C(C)C. The van der Waals surface area contributed by atoms with Crippen LogP contribution >= 0.6 is 11.8 Å². The second-order valence-corrected chi connectivity index (χ2v) is 7.25. The van der Waals surface area contributed by atoms with Gasteiger partial charge in [0.05, 0.1) is 13.0 Å². The standard InChI is InChI=1S/C15H26O2S.C2H5NO/c1-5-17-15(16)8-9-18-14-10-12(4)6-7-13(14)11(2)3;1-2(3)4/h10-11,13-14H,5-9H2,1-4H3;1H3,(H2,3,4). The Balaban J connectivity index is 0.000000980. The van der Waals surface area contributed by atoms with E-state index in [0.717, 1.165) is 17.6 Å². The number of rotatable bonds is 6. The molecule has 1 aliphatic rings. The number of allylic oxidation sites excluding steroid dienone is 1. The van der Waals surface area contributed by atoms with Crippen LogP contribution in [0.4, 0.5) is 0 Å². The number of hydrogen-bond donors (Lipinski definition) is 1. The fraction of sp³-hybridized carbons (Fsp3) is 0.765. The molecule has 0 aromatic rings. The monoisotopic (exact) mass is 329 g/mol. The summed E-state index contributed by atoms with van der Waals surface area (Å²) in [5.41, 5.74) is 5.97. The molecule has 0 heterocycles. The molecule has 0 saturated heterocycles. The summed E-state index contributed by atoms with van der Waals surface area (Å²) < 4.78 is 4.96. The van der Waals surface area contributed by atoms with E-state index in [1.165, 1.54) is 25.3 Å². The molecule has 2 N–H and O–H groups in total. The van der Waals surface area contributed by atoms with Gasteiger partial charge >= 0.3 is 5.97 Å². The van der Waals surface area contributed by atoms with E-state index in [2.05, 4.69) is 32.6 Å². The van der Waals surface area contributed by atoms with Crippen molar-refractivity contribution in [2.75, 3.05) is 12.4 Å². The van der Waals surface area contributed by atoms with Gasteiger partial charge in [0.15, 0.2) is 0 Å². The molecule has 22 heavy (non-hydrogen) atoms. The van der Waals surface area contributed by atoms with Crippen molar-refractivity contribution in [1.29, 1.82) is 0 Å². The lowest BCUT2D eigenvalue weighted by Crippen LogP contribution is -2.25. The minimum atomic E-state index is -0.333. The molecular weight excluding hydrogens is 298 g/mol. The van der Waals surface area contributed by atoms with Crippen molar-refractivity contribution in [3.8, 4) is 0 Å². The number of carbonyl (C=O) groups is 2. The first-order valence-electron chi connectivity index (χ1n) is 7.98. The Hall–Kier alpha value is -0.970.